The van der Waals surface area contributed by atoms with E-state index in [-0.39, 0.29) is 5.56 Å². The molecule has 1 aliphatic carbocycles. The van der Waals surface area contributed by atoms with Crippen molar-refractivity contribution < 1.29 is 0 Å². The first-order valence-electron chi connectivity index (χ1n) is 12.4. The Morgan fingerprint density at radius 2 is 1.89 bits per heavy atom. The molecule has 3 N–H and O–H groups in total. The highest BCUT2D eigenvalue weighted by molar-refractivity contribution is 6.33. The van der Waals surface area contributed by atoms with E-state index in [1.807, 2.05) is 38.1 Å². The molecule has 0 amide bonds. The molecule has 1 aromatic carbocycles. The van der Waals surface area contributed by atoms with Gasteiger partial charge in [-0.3, -0.25) is 14.3 Å². The number of aromatic nitrogens is 5. The Kier molecular flexibility index (Phi) is 6.98. The standard InChI is InChI=1S/C27H30ClN7O/c1-3-35-25-19(14-32-27(34-25)31-13-17-4-7-20(29)8-5-17)10-22(26(35)36)21-9-6-18(11-23(21)28)24-15-30-12-16(2)33-24/h6,9-12,14-15,17,20H,3-5,7-8,13,29H2,1-2H3,(H,31,32,34). The van der Waals surface area contributed by atoms with Crippen LogP contribution in [0.25, 0.3) is 33.4 Å². The van der Waals surface area contributed by atoms with Crippen molar-refractivity contribution in [1.29, 1.82) is 0 Å². The van der Waals surface area contributed by atoms with Gasteiger partial charge in [-0.25, -0.2) is 9.97 Å². The highest BCUT2D eigenvalue weighted by Gasteiger charge is 2.19. The van der Waals surface area contributed by atoms with E-state index < -0.39 is 0 Å². The van der Waals surface area contributed by atoms with Crippen LogP contribution >= 0.6 is 11.6 Å². The number of pyridine rings is 1. The van der Waals surface area contributed by atoms with Crippen LogP contribution in [0.2, 0.25) is 5.02 Å². The summed E-state index contributed by atoms with van der Waals surface area (Å²) >= 11 is 6.68. The lowest BCUT2D eigenvalue weighted by atomic mass is 9.86. The zero-order chi connectivity index (χ0) is 25.2. The number of nitrogens with one attached hydrogen (secondary N) is 1. The number of nitrogens with zero attached hydrogens (tertiary/aromatic N) is 5. The maximum absolute atomic E-state index is 13.5. The van der Waals surface area contributed by atoms with E-state index in [9.17, 15) is 4.79 Å². The van der Waals surface area contributed by atoms with Crippen LogP contribution in [-0.2, 0) is 6.54 Å². The molecule has 4 aromatic rings. The Morgan fingerprint density at radius 3 is 2.61 bits per heavy atom. The Morgan fingerprint density at radius 1 is 1.08 bits per heavy atom. The average Bonchev–Trinajstić information content (AvgIpc) is 2.88. The third-order valence-corrected chi connectivity index (χ3v) is 7.21. The third-order valence-electron chi connectivity index (χ3n) is 6.89. The SMILES string of the molecule is CCn1c(=O)c(-c2ccc(-c3cncc(C)n3)cc2Cl)cc2cnc(NCC3CCC(N)CC3)nc21. The molecule has 36 heavy (non-hydrogen) atoms. The van der Waals surface area contributed by atoms with Crippen LogP contribution in [-0.4, -0.2) is 37.1 Å². The normalized spacial score (nSPS) is 17.9. The van der Waals surface area contributed by atoms with Crippen LogP contribution < -0.4 is 16.6 Å². The molecule has 1 saturated carbocycles. The molecule has 0 unspecified atom stereocenters. The molecule has 1 aliphatic rings. The summed E-state index contributed by atoms with van der Waals surface area (Å²) in [6.07, 6.45) is 9.51. The second-order valence-corrected chi connectivity index (χ2v) is 9.89. The smallest absolute Gasteiger partial charge is 0.260 e. The lowest BCUT2D eigenvalue weighted by Gasteiger charge is -2.26. The lowest BCUT2D eigenvalue weighted by molar-refractivity contribution is 0.338. The predicted molar refractivity (Wildman–Crippen MR) is 144 cm³/mol. The number of fused-ring (bicyclic) bond motifs is 1. The Bertz CT molecular complexity index is 1460. The first kappa shape index (κ1) is 24.3. The quantitative estimate of drug-likeness (QED) is 0.387. The molecule has 3 aromatic heterocycles. The van der Waals surface area contributed by atoms with Crippen LogP contribution in [0.4, 0.5) is 5.95 Å². The summed E-state index contributed by atoms with van der Waals surface area (Å²) in [6.45, 7) is 5.12. The van der Waals surface area contributed by atoms with E-state index >= 15 is 0 Å². The van der Waals surface area contributed by atoms with Crippen LogP contribution in [0.1, 0.15) is 38.3 Å². The summed E-state index contributed by atoms with van der Waals surface area (Å²) in [5.41, 5.74) is 10.1. The molecule has 0 aliphatic heterocycles. The number of hydrogen-bond acceptors (Lipinski definition) is 7. The van der Waals surface area contributed by atoms with E-state index in [4.69, 9.17) is 22.3 Å². The second-order valence-electron chi connectivity index (χ2n) is 9.48. The van der Waals surface area contributed by atoms with Crippen molar-refractivity contribution in [1.82, 2.24) is 24.5 Å². The van der Waals surface area contributed by atoms with E-state index in [0.29, 0.717) is 46.2 Å². The maximum atomic E-state index is 13.5. The highest BCUT2D eigenvalue weighted by Crippen LogP contribution is 2.31. The number of aryl methyl sites for hydroxylation is 2. The van der Waals surface area contributed by atoms with Gasteiger partial charge < -0.3 is 11.1 Å². The fourth-order valence-electron chi connectivity index (χ4n) is 4.85. The minimum Gasteiger partial charge on any atom is -0.354 e. The van der Waals surface area contributed by atoms with Gasteiger partial charge >= 0.3 is 0 Å². The summed E-state index contributed by atoms with van der Waals surface area (Å²) in [6, 6.07) is 7.74. The fourth-order valence-corrected chi connectivity index (χ4v) is 5.14. The van der Waals surface area contributed by atoms with Crippen LogP contribution in [0.5, 0.6) is 0 Å². The van der Waals surface area contributed by atoms with Gasteiger partial charge in [-0.1, -0.05) is 23.7 Å². The van der Waals surface area contributed by atoms with Gasteiger partial charge in [-0.15, -0.1) is 0 Å². The largest absolute Gasteiger partial charge is 0.354 e. The number of halogens is 1. The van der Waals surface area contributed by atoms with Crippen molar-refractivity contribution in [3.8, 4) is 22.4 Å². The summed E-state index contributed by atoms with van der Waals surface area (Å²) in [5, 5.41) is 4.62. The molecule has 8 nitrogen and oxygen atoms in total. The molecule has 0 radical (unpaired) electrons. The molecule has 0 saturated heterocycles. The lowest BCUT2D eigenvalue weighted by Crippen LogP contribution is -2.29. The van der Waals surface area contributed by atoms with Gasteiger partial charge in [0.05, 0.1) is 17.6 Å². The number of hydrogen-bond donors (Lipinski definition) is 2. The molecule has 186 valence electrons. The summed E-state index contributed by atoms with van der Waals surface area (Å²) in [4.78, 5) is 31.4. The Hall–Kier alpha value is -3.36. The van der Waals surface area contributed by atoms with Crippen molar-refractivity contribution in [2.24, 2.45) is 11.7 Å². The van der Waals surface area contributed by atoms with Gasteiger partial charge in [0.25, 0.3) is 5.56 Å². The van der Waals surface area contributed by atoms with Gasteiger partial charge in [-0.05, 0) is 57.6 Å². The topological polar surface area (TPSA) is 112 Å². The first-order valence-corrected chi connectivity index (χ1v) is 12.8. The maximum Gasteiger partial charge on any atom is 0.260 e. The molecule has 0 bridgehead atoms. The molecular weight excluding hydrogens is 474 g/mol. The first-order chi connectivity index (χ1) is 17.4. The molecule has 5 rings (SSSR count). The third kappa shape index (κ3) is 4.96. The zero-order valence-corrected chi connectivity index (χ0v) is 21.3. The van der Waals surface area contributed by atoms with Crippen molar-refractivity contribution >= 4 is 28.6 Å². The average molecular weight is 504 g/mol. The molecule has 3 heterocycles. The van der Waals surface area contributed by atoms with Crippen molar-refractivity contribution in [2.45, 2.75) is 52.1 Å². The molecule has 1 fully saturated rings. The molecule has 0 spiro atoms. The minimum atomic E-state index is -0.138. The fraction of sp³-hybridized carbons (Fsp3) is 0.370. The van der Waals surface area contributed by atoms with Crippen molar-refractivity contribution in [3.63, 3.8) is 0 Å². The van der Waals surface area contributed by atoms with Crippen molar-refractivity contribution in [3.05, 3.63) is 63.9 Å². The van der Waals surface area contributed by atoms with E-state index in [0.717, 1.165) is 54.6 Å². The molecule has 9 heteroatoms. The number of anilines is 1. The zero-order valence-electron chi connectivity index (χ0n) is 20.5. The minimum absolute atomic E-state index is 0.138. The van der Waals surface area contributed by atoms with Crippen LogP contribution in [0.15, 0.2) is 47.7 Å². The highest BCUT2D eigenvalue weighted by atomic mass is 35.5. The summed E-state index contributed by atoms with van der Waals surface area (Å²) in [7, 11) is 0. The second kappa shape index (κ2) is 10.3. The van der Waals surface area contributed by atoms with Gasteiger partial charge in [0, 0.05) is 58.6 Å². The Balaban J connectivity index is 1.46. The summed E-state index contributed by atoms with van der Waals surface area (Å²) < 4.78 is 1.67. The van der Waals surface area contributed by atoms with Gasteiger partial charge in [0.1, 0.15) is 5.65 Å². The predicted octanol–water partition coefficient (Wildman–Crippen LogP) is 4.83. The van der Waals surface area contributed by atoms with Gasteiger partial charge in [0.2, 0.25) is 5.95 Å². The van der Waals surface area contributed by atoms with Crippen molar-refractivity contribution in [2.75, 3.05) is 11.9 Å². The Labute approximate surface area is 215 Å². The molecule has 0 atom stereocenters. The monoisotopic (exact) mass is 503 g/mol. The number of benzene rings is 1. The van der Waals surface area contributed by atoms with Gasteiger partial charge in [-0.2, -0.15) is 4.98 Å². The summed E-state index contributed by atoms with van der Waals surface area (Å²) in [5.74, 6) is 1.10. The van der Waals surface area contributed by atoms with E-state index in [2.05, 4.69) is 20.3 Å². The van der Waals surface area contributed by atoms with Gasteiger partial charge in [0.15, 0.2) is 0 Å². The van der Waals surface area contributed by atoms with E-state index in [1.165, 1.54) is 0 Å². The van der Waals surface area contributed by atoms with Crippen LogP contribution in [0.3, 0.4) is 0 Å². The molecular formula is C27H30ClN7O. The number of rotatable bonds is 6. The van der Waals surface area contributed by atoms with Crippen LogP contribution in [0, 0.1) is 12.8 Å². The van der Waals surface area contributed by atoms with E-state index in [1.54, 1.807) is 23.2 Å². The number of nitrogens with two attached hydrogens (primary N) is 1.